The topological polar surface area (TPSA) is 61.4 Å². The van der Waals surface area contributed by atoms with E-state index in [1.807, 2.05) is 26.0 Å². The lowest BCUT2D eigenvalue weighted by atomic mass is 10.1. The van der Waals surface area contributed by atoms with Gasteiger partial charge in [0.1, 0.15) is 5.82 Å². The fourth-order valence-corrected chi connectivity index (χ4v) is 2.62. The van der Waals surface area contributed by atoms with Crippen LogP contribution in [0.15, 0.2) is 42.5 Å². The van der Waals surface area contributed by atoms with Crippen LogP contribution in [0.2, 0.25) is 0 Å². The van der Waals surface area contributed by atoms with Gasteiger partial charge in [0.05, 0.1) is 0 Å². The van der Waals surface area contributed by atoms with E-state index in [0.717, 1.165) is 17.5 Å². The predicted octanol–water partition coefficient (Wildman–Crippen LogP) is 4.00. The first-order valence-electron chi connectivity index (χ1n) is 9.44. The zero-order valence-corrected chi connectivity index (χ0v) is 16.9. The summed E-state index contributed by atoms with van der Waals surface area (Å²) in [5.41, 5.74) is 2.70. The van der Waals surface area contributed by atoms with E-state index in [9.17, 15) is 14.0 Å². The molecule has 0 aromatic heterocycles. The fourth-order valence-electron chi connectivity index (χ4n) is 2.62. The number of carbonyl (C=O) groups is 2. The average molecular weight is 385 g/mol. The maximum absolute atomic E-state index is 13.7. The number of nitrogens with one attached hydrogen (secondary N) is 2. The molecule has 0 saturated carbocycles. The molecule has 0 saturated heterocycles. The molecule has 0 radical (unpaired) electrons. The molecule has 1 atom stereocenters. The highest BCUT2D eigenvalue weighted by atomic mass is 19.1. The molecule has 6 heteroatoms. The third kappa shape index (κ3) is 6.08. The summed E-state index contributed by atoms with van der Waals surface area (Å²) in [6.07, 6.45) is 0.860. The van der Waals surface area contributed by atoms with Crippen molar-refractivity contribution in [3.8, 4) is 0 Å². The Labute approximate surface area is 165 Å². The summed E-state index contributed by atoms with van der Waals surface area (Å²) in [4.78, 5) is 26.0. The van der Waals surface area contributed by atoms with Gasteiger partial charge in [0, 0.05) is 31.7 Å². The van der Waals surface area contributed by atoms with Gasteiger partial charge in [0.15, 0.2) is 0 Å². The van der Waals surface area contributed by atoms with Crippen LogP contribution < -0.4 is 10.6 Å². The van der Waals surface area contributed by atoms with Gasteiger partial charge in [-0.25, -0.2) is 9.18 Å². The highest BCUT2D eigenvalue weighted by molar-refractivity contribution is 5.94. The number of aryl methyl sites for hydroxylation is 1. The summed E-state index contributed by atoms with van der Waals surface area (Å²) >= 11 is 0. The van der Waals surface area contributed by atoms with Gasteiger partial charge >= 0.3 is 6.03 Å². The summed E-state index contributed by atoms with van der Waals surface area (Å²) in [5.74, 6) is -0.403. The number of benzene rings is 2. The normalized spacial score (nSPS) is 11.6. The first-order valence-corrected chi connectivity index (χ1v) is 9.44. The van der Waals surface area contributed by atoms with Crippen molar-refractivity contribution in [2.24, 2.45) is 0 Å². The Balaban J connectivity index is 1.92. The van der Waals surface area contributed by atoms with Gasteiger partial charge in [0.25, 0.3) is 5.91 Å². The quantitative estimate of drug-likeness (QED) is 0.757. The molecular weight excluding hydrogens is 357 g/mol. The Kier molecular flexibility index (Phi) is 7.55. The largest absolute Gasteiger partial charge is 0.350 e. The average Bonchev–Trinajstić information content (AvgIpc) is 2.68. The van der Waals surface area contributed by atoms with E-state index >= 15 is 0 Å². The molecule has 1 unspecified atom stereocenters. The number of hydrogen-bond acceptors (Lipinski definition) is 2. The first-order chi connectivity index (χ1) is 13.3. The number of halogens is 1. The van der Waals surface area contributed by atoms with Crippen LogP contribution in [0.1, 0.15) is 47.3 Å². The summed E-state index contributed by atoms with van der Waals surface area (Å²) in [6, 6.07) is 12.0. The number of rotatable bonds is 7. The molecule has 28 heavy (non-hydrogen) atoms. The zero-order chi connectivity index (χ0) is 20.7. The molecule has 0 heterocycles. The van der Waals surface area contributed by atoms with E-state index in [4.69, 9.17) is 0 Å². The summed E-state index contributed by atoms with van der Waals surface area (Å²) in [6.45, 7) is 6.28. The fraction of sp³-hybridized carbons (Fsp3) is 0.364. The molecule has 0 bridgehead atoms. The molecule has 0 fully saturated rings. The van der Waals surface area contributed by atoms with Crippen molar-refractivity contribution in [3.63, 3.8) is 0 Å². The molecule has 2 N–H and O–H groups in total. The molecule has 3 amide bonds. The zero-order valence-electron chi connectivity index (χ0n) is 16.9. The predicted molar refractivity (Wildman–Crippen MR) is 109 cm³/mol. The highest BCUT2D eigenvalue weighted by Gasteiger charge is 2.12. The van der Waals surface area contributed by atoms with E-state index in [1.54, 1.807) is 38.2 Å². The van der Waals surface area contributed by atoms with Crippen molar-refractivity contribution < 1.29 is 14.0 Å². The van der Waals surface area contributed by atoms with Crippen LogP contribution in [0, 0.1) is 12.7 Å². The van der Waals surface area contributed by atoms with Gasteiger partial charge in [-0.3, -0.25) is 4.79 Å². The van der Waals surface area contributed by atoms with Gasteiger partial charge in [-0.2, -0.15) is 0 Å². The second kappa shape index (κ2) is 9.88. The number of hydrogen-bond donors (Lipinski definition) is 2. The minimum absolute atomic E-state index is 0.108. The van der Waals surface area contributed by atoms with E-state index in [0.29, 0.717) is 24.2 Å². The second-order valence-corrected chi connectivity index (χ2v) is 7.08. The van der Waals surface area contributed by atoms with Crippen molar-refractivity contribution in [1.29, 1.82) is 0 Å². The van der Waals surface area contributed by atoms with Gasteiger partial charge in [0.2, 0.25) is 0 Å². The molecular formula is C22H28FN3O2. The van der Waals surface area contributed by atoms with Crippen LogP contribution in [0.3, 0.4) is 0 Å². The lowest BCUT2D eigenvalue weighted by Crippen LogP contribution is -2.36. The van der Waals surface area contributed by atoms with E-state index < -0.39 is 0 Å². The minimum atomic E-state index is -0.279. The summed E-state index contributed by atoms with van der Waals surface area (Å²) in [7, 11) is 1.66. The summed E-state index contributed by atoms with van der Waals surface area (Å²) < 4.78 is 13.7. The van der Waals surface area contributed by atoms with Crippen molar-refractivity contribution in [2.45, 2.75) is 46.3 Å². The van der Waals surface area contributed by atoms with Crippen LogP contribution in [-0.2, 0) is 13.1 Å². The number of nitrogens with zero attached hydrogens (tertiary/aromatic N) is 1. The van der Waals surface area contributed by atoms with Gasteiger partial charge in [-0.15, -0.1) is 0 Å². The Hall–Kier alpha value is -2.89. The van der Waals surface area contributed by atoms with Crippen LogP contribution in [-0.4, -0.2) is 29.9 Å². The van der Waals surface area contributed by atoms with E-state index in [-0.39, 0.29) is 23.8 Å². The van der Waals surface area contributed by atoms with Crippen molar-refractivity contribution in [3.05, 3.63) is 70.5 Å². The standard InChI is InChI=1S/C22H28FN3O2/c1-5-16(3)25-21(27)19-8-6-7-17(11-19)13-24-22(28)26(4)14-18-10-9-15(2)20(23)12-18/h6-12,16H,5,13-14H2,1-4H3,(H,24,28)(H,25,27). The second-order valence-electron chi connectivity index (χ2n) is 7.08. The lowest BCUT2D eigenvalue weighted by Gasteiger charge is -2.18. The maximum atomic E-state index is 13.7. The van der Waals surface area contributed by atoms with Gasteiger partial charge in [-0.05, 0) is 55.2 Å². The Morgan fingerprint density at radius 2 is 1.89 bits per heavy atom. The SMILES string of the molecule is CCC(C)NC(=O)c1cccc(CNC(=O)N(C)Cc2ccc(C)c(F)c2)c1. The molecule has 2 aromatic carbocycles. The molecule has 0 spiro atoms. The van der Waals surface area contributed by atoms with E-state index in [1.165, 1.54) is 11.0 Å². The Bertz CT molecular complexity index is 838. The Morgan fingerprint density at radius 3 is 2.57 bits per heavy atom. The van der Waals surface area contributed by atoms with Crippen molar-refractivity contribution in [2.75, 3.05) is 7.05 Å². The van der Waals surface area contributed by atoms with Crippen LogP contribution in [0.25, 0.3) is 0 Å². The lowest BCUT2D eigenvalue weighted by molar-refractivity contribution is 0.0939. The molecule has 0 aliphatic heterocycles. The number of urea groups is 1. The van der Waals surface area contributed by atoms with Gasteiger partial charge < -0.3 is 15.5 Å². The molecule has 2 rings (SSSR count). The minimum Gasteiger partial charge on any atom is -0.350 e. The smallest absolute Gasteiger partial charge is 0.317 e. The highest BCUT2D eigenvalue weighted by Crippen LogP contribution is 2.11. The molecule has 5 nitrogen and oxygen atoms in total. The van der Waals surface area contributed by atoms with Crippen molar-refractivity contribution >= 4 is 11.9 Å². The summed E-state index contributed by atoms with van der Waals surface area (Å²) in [5, 5.41) is 5.75. The van der Waals surface area contributed by atoms with Crippen LogP contribution >= 0.6 is 0 Å². The molecule has 150 valence electrons. The molecule has 0 aliphatic rings. The third-order valence-corrected chi connectivity index (χ3v) is 4.63. The first kappa shape index (κ1) is 21.4. The van der Waals surface area contributed by atoms with Crippen LogP contribution in [0.5, 0.6) is 0 Å². The monoisotopic (exact) mass is 385 g/mol. The van der Waals surface area contributed by atoms with Crippen molar-refractivity contribution in [1.82, 2.24) is 15.5 Å². The van der Waals surface area contributed by atoms with Crippen LogP contribution in [0.4, 0.5) is 9.18 Å². The third-order valence-electron chi connectivity index (χ3n) is 4.63. The number of amides is 3. The van der Waals surface area contributed by atoms with Gasteiger partial charge in [-0.1, -0.05) is 31.2 Å². The Morgan fingerprint density at radius 1 is 1.14 bits per heavy atom. The maximum Gasteiger partial charge on any atom is 0.317 e. The molecule has 2 aromatic rings. The molecule has 0 aliphatic carbocycles. The van der Waals surface area contributed by atoms with E-state index in [2.05, 4.69) is 10.6 Å². The number of carbonyl (C=O) groups excluding carboxylic acids is 2.